The molecule has 1 fully saturated rings. The summed E-state index contributed by atoms with van der Waals surface area (Å²) >= 11 is 0. The zero-order valence-corrected chi connectivity index (χ0v) is 18.1. The first-order valence-corrected chi connectivity index (χ1v) is 10.6. The number of carboxylic acids is 1. The van der Waals surface area contributed by atoms with Crippen molar-refractivity contribution in [3.8, 4) is 0 Å². The van der Waals surface area contributed by atoms with Gasteiger partial charge in [-0.15, -0.1) is 0 Å². The highest BCUT2D eigenvalue weighted by Crippen LogP contribution is 2.30. The number of pyridine rings is 1. The van der Waals surface area contributed by atoms with Crippen molar-refractivity contribution in [2.24, 2.45) is 11.8 Å². The molecule has 160 valence electrons. The van der Waals surface area contributed by atoms with Gasteiger partial charge in [0, 0.05) is 29.7 Å². The van der Waals surface area contributed by atoms with Crippen LogP contribution < -0.4 is 10.2 Å². The Kier molecular flexibility index (Phi) is 5.63. The minimum Gasteiger partial charge on any atom is -0.478 e. The predicted molar refractivity (Wildman–Crippen MR) is 123 cm³/mol. The summed E-state index contributed by atoms with van der Waals surface area (Å²) < 4.78 is 0. The molecular formula is C25H27N3O3. The molecule has 2 N–H and O–H groups in total. The molecule has 2 atom stereocenters. The minimum absolute atomic E-state index is 0.192. The maximum Gasteiger partial charge on any atom is 0.336 e. The molecule has 1 aliphatic rings. The molecule has 1 aliphatic heterocycles. The smallest absolute Gasteiger partial charge is 0.336 e. The third kappa shape index (κ3) is 4.53. The van der Waals surface area contributed by atoms with Crippen molar-refractivity contribution in [3.63, 3.8) is 0 Å². The Morgan fingerprint density at radius 2 is 1.71 bits per heavy atom. The summed E-state index contributed by atoms with van der Waals surface area (Å²) in [6.45, 7) is 8.12. The van der Waals surface area contributed by atoms with E-state index >= 15 is 0 Å². The average Bonchev–Trinajstić information content (AvgIpc) is 2.72. The molecule has 0 bridgehead atoms. The van der Waals surface area contributed by atoms with Crippen LogP contribution in [0, 0.1) is 18.8 Å². The Balaban J connectivity index is 1.67. The van der Waals surface area contributed by atoms with E-state index in [2.05, 4.69) is 24.1 Å². The average molecular weight is 418 g/mol. The first kappa shape index (κ1) is 20.8. The molecule has 0 saturated carbocycles. The number of benzene rings is 2. The molecule has 0 radical (unpaired) electrons. The first-order chi connectivity index (χ1) is 14.8. The van der Waals surface area contributed by atoms with Crippen LogP contribution in [0.4, 0.5) is 11.5 Å². The lowest BCUT2D eigenvalue weighted by atomic mass is 9.92. The van der Waals surface area contributed by atoms with E-state index in [9.17, 15) is 14.7 Å². The third-order valence-corrected chi connectivity index (χ3v) is 5.79. The van der Waals surface area contributed by atoms with Crippen LogP contribution >= 0.6 is 0 Å². The molecule has 31 heavy (non-hydrogen) atoms. The van der Waals surface area contributed by atoms with E-state index in [0.717, 1.165) is 18.7 Å². The number of hydrogen-bond donors (Lipinski definition) is 2. The molecule has 0 unspecified atom stereocenters. The minimum atomic E-state index is -1.01. The molecular weight excluding hydrogens is 390 g/mol. The van der Waals surface area contributed by atoms with E-state index in [1.54, 1.807) is 36.4 Å². The molecule has 3 aromatic rings. The second-order valence-corrected chi connectivity index (χ2v) is 8.74. The van der Waals surface area contributed by atoms with Gasteiger partial charge in [-0.2, -0.15) is 0 Å². The Labute approximate surface area is 181 Å². The number of carbonyl (C=O) groups is 2. The molecule has 6 nitrogen and oxygen atoms in total. The third-order valence-electron chi connectivity index (χ3n) is 5.79. The number of carbonyl (C=O) groups excluding carboxylic acids is 1. The largest absolute Gasteiger partial charge is 0.478 e. The number of aromatic carboxylic acids is 1. The van der Waals surface area contributed by atoms with Crippen molar-refractivity contribution in [3.05, 3.63) is 65.2 Å². The Morgan fingerprint density at radius 1 is 1.03 bits per heavy atom. The second-order valence-electron chi connectivity index (χ2n) is 8.74. The van der Waals surface area contributed by atoms with Gasteiger partial charge >= 0.3 is 5.97 Å². The fourth-order valence-electron chi connectivity index (χ4n) is 4.39. The highest BCUT2D eigenvalue weighted by atomic mass is 16.4. The van der Waals surface area contributed by atoms with Crippen LogP contribution in [0.5, 0.6) is 0 Å². The molecule has 1 aromatic heterocycles. The van der Waals surface area contributed by atoms with Gasteiger partial charge in [-0.25, -0.2) is 9.78 Å². The molecule has 2 aromatic carbocycles. The normalized spacial score (nSPS) is 18.7. The van der Waals surface area contributed by atoms with Crippen LogP contribution in [0.25, 0.3) is 10.9 Å². The summed E-state index contributed by atoms with van der Waals surface area (Å²) in [5.74, 6) is 0.522. The van der Waals surface area contributed by atoms with Gasteiger partial charge in [0.15, 0.2) is 0 Å². The highest BCUT2D eigenvalue weighted by molar-refractivity contribution is 6.08. The van der Waals surface area contributed by atoms with Crippen molar-refractivity contribution in [1.29, 1.82) is 0 Å². The van der Waals surface area contributed by atoms with Crippen LogP contribution in [0.1, 0.15) is 46.5 Å². The number of amides is 1. The van der Waals surface area contributed by atoms with E-state index in [0.29, 0.717) is 39.8 Å². The van der Waals surface area contributed by atoms with Crippen molar-refractivity contribution >= 4 is 34.3 Å². The number of carboxylic acid groups (broad SMARTS) is 1. The van der Waals surface area contributed by atoms with Crippen LogP contribution in [0.3, 0.4) is 0 Å². The van der Waals surface area contributed by atoms with E-state index in [1.807, 2.05) is 19.1 Å². The van der Waals surface area contributed by atoms with Gasteiger partial charge in [0.2, 0.25) is 0 Å². The summed E-state index contributed by atoms with van der Waals surface area (Å²) in [5.41, 5.74) is 2.96. The fraction of sp³-hybridized carbons (Fsp3) is 0.320. The lowest BCUT2D eigenvalue weighted by Crippen LogP contribution is -2.39. The van der Waals surface area contributed by atoms with E-state index in [1.165, 1.54) is 6.42 Å². The molecule has 4 rings (SSSR count). The van der Waals surface area contributed by atoms with Crippen LogP contribution in [0.2, 0.25) is 0 Å². The van der Waals surface area contributed by atoms with Gasteiger partial charge in [0.05, 0.1) is 11.1 Å². The zero-order valence-electron chi connectivity index (χ0n) is 18.1. The van der Waals surface area contributed by atoms with Crippen LogP contribution in [-0.4, -0.2) is 35.1 Å². The SMILES string of the molecule is Cc1ccc(C(=O)Nc2ccc3nc(N4C[C@@H](C)C[C@H](C)C4)cc(C(=O)O)c3c2)cc1. The maximum atomic E-state index is 12.6. The number of rotatable bonds is 4. The molecule has 1 amide bonds. The molecule has 0 aliphatic carbocycles. The number of anilines is 2. The number of hydrogen-bond acceptors (Lipinski definition) is 4. The van der Waals surface area contributed by atoms with E-state index in [4.69, 9.17) is 4.98 Å². The summed E-state index contributed by atoms with van der Waals surface area (Å²) in [6.07, 6.45) is 1.17. The molecule has 6 heteroatoms. The standard InChI is InChI=1S/C25H27N3O3/c1-15-4-6-18(7-5-15)24(29)26-19-8-9-22-20(11-19)21(25(30)31)12-23(27-22)28-13-16(2)10-17(3)14-28/h4-9,11-12,16-17H,10,13-14H2,1-3H3,(H,26,29)(H,30,31)/t16-,17-/m0/s1. The maximum absolute atomic E-state index is 12.6. The number of nitrogens with zero attached hydrogens (tertiary/aromatic N) is 2. The Hall–Kier alpha value is -3.41. The molecule has 0 spiro atoms. The van der Waals surface area contributed by atoms with Crippen molar-refractivity contribution in [2.45, 2.75) is 27.2 Å². The van der Waals surface area contributed by atoms with Crippen LogP contribution in [-0.2, 0) is 0 Å². The van der Waals surface area contributed by atoms with Gasteiger partial charge in [-0.3, -0.25) is 4.79 Å². The quantitative estimate of drug-likeness (QED) is 0.626. The zero-order chi connectivity index (χ0) is 22.1. The van der Waals surface area contributed by atoms with Crippen LogP contribution in [0.15, 0.2) is 48.5 Å². The van der Waals surface area contributed by atoms with Crippen molar-refractivity contribution in [1.82, 2.24) is 4.98 Å². The lowest BCUT2D eigenvalue weighted by molar-refractivity contribution is 0.0698. The van der Waals surface area contributed by atoms with Gasteiger partial charge in [0.25, 0.3) is 5.91 Å². The molecule has 2 heterocycles. The number of aromatic nitrogens is 1. The number of aryl methyl sites for hydroxylation is 1. The van der Waals surface area contributed by atoms with E-state index < -0.39 is 5.97 Å². The van der Waals surface area contributed by atoms with Gasteiger partial charge in [-0.05, 0) is 61.6 Å². The fourth-order valence-corrected chi connectivity index (χ4v) is 4.39. The lowest BCUT2D eigenvalue weighted by Gasteiger charge is -2.36. The molecule has 1 saturated heterocycles. The van der Waals surface area contributed by atoms with E-state index in [-0.39, 0.29) is 11.5 Å². The first-order valence-electron chi connectivity index (χ1n) is 10.6. The van der Waals surface area contributed by atoms with Gasteiger partial charge < -0.3 is 15.3 Å². The number of piperidine rings is 1. The number of fused-ring (bicyclic) bond motifs is 1. The highest BCUT2D eigenvalue weighted by Gasteiger charge is 2.24. The topological polar surface area (TPSA) is 82.5 Å². The van der Waals surface area contributed by atoms with Gasteiger partial charge in [-0.1, -0.05) is 31.5 Å². The van der Waals surface area contributed by atoms with Gasteiger partial charge in [0.1, 0.15) is 5.82 Å². The predicted octanol–water partition coefficient (Wildman–Crippen LogP) is 4.98. The summed E-state index contributed by atoms with van der Waals surface area (Å²) in [5, 5.41) is 13.2. The van der Waals surface area contributed by atoms with Crippen molar-refractivity contribution in [2.75, 3.05) is 23.3 Å². The Morgan fingerprint density at radius 3 is 2.35 bits per heavy atom. The van der Waals surface area contributed by atoms with Crippen molar-refractivity contribution < 1.29 is 14.7 Å². The summed E-state index contributed by atoms with van der Waals surface area (Å²) in [4.78, 5) is 31.5. The second kappa shape index (κ2) is 8.38. The summed E-state index contributed by atoms with van der Waals surface area (Å²) in [7, 11) is 0. The monoisotopic (exact) mass is 417 g/mol. The number of nitrogens with one attached hydrogen (secondary N) is 1. The summed E-state index contributed by atoms with van der Waals surface area (Å²) in [6, 6.07) is 14.2. The Bertz CT molecular complexity index is 1130.